The number of nitrogen functional groups attached to an aromatic ring is 1. The van der Waals surface area contributed by atoms with Gasteiger partial charge in [-0.2, -0.15) is 0 Å². The van der Waals surface area contributed by atoms with Crippen molar-refractivity contribution in [3.05, 3.63) is 65.9 Å². The fraction of sp³-hybridized carbons (Fsp3) is 0.469. The first-order valence-electron chi connectivity index (χ1n) is 14.8. The fourth-order valence-electron chi connectivity index (χ4n) is 5.81. The highest BCUT2D eigenvalue weighted by Gasteiger charge is 2.35. The van der Waals surface area contributed by atoms with Gasteiger partial charge in [0.2, 0.25) is 5.95 Å². The fourth-order valence-corrected chi connectivity index (χ4v) is 5.81. The van der Waals surface area contributed by atoms with Gasteiger partial charge in [-0.05, 0) is 55.5 Å². The number of phenolic OH excluding ortho intramolecular Hbond substituents is 1. The maximum absolute atomic E-state index is 12.3. The summed E-state index contributed by atoms with van der Waals surface area (Å²) in [5.41, 5.74) is 9.94. The first-order valence-corrected chi connectivity index (χ1v) is 14.8. The van der Waals surface area contributed by atoms with Crippen molar-refractivity contribution in [1.82, 2.24) is 15.3 Å². The van der Waals surface area contributed by atoms with Gasteiger partial charge in [0.1, 0.15) is 38.2 Å². The lowest BCUT2D eigenvalue weighted by Gasteiger charge is -2.28. The standard InChI is InChI=1S/C32H41N5O7/c1-40-19-43-29-16-37(17-30(29)44-20-41-2)24-12-13-28(38)25(14-24)27-15-26(35-31(33)36-27)22-8-10-23(11-9-22)34-32(39)42-18-21-6-4-3-5-7-21/h3-7,12-15,22-23,29-30,38H,8-11,16-20H2,1-2H3,(H,34,39)(H2,33,35,36)/t22?,23?,29-,30-/m0/s1. The zero-order valence-electron chi connectivity index (χ0n) is 25.2. The number of nitrogens with zero attached hydrogens (tertiary/aromatic N) is 3. The van der Waals surface area contributed by atoms with Gasteiger partial charge >= 0.3 is 6.09 Å². The average molecular weight is 608 g/mol. The van der Waals surface area contributed by atoms with Crippen LogP contribution in [0.5, 0.6) is 5.75 Å². The third-order valence-electron chi connectivity index (χ3n) is 8.08. The molecule has 0 bridgehead atoms. The Labute approximate surface area is 257 Å². The molecule has 44 heavy (non-hydrogen) atoms. The second kappa shape index (κ2) is 15.2. The third kappa shape index (κ3) is 8.14. The molecular weight excluding hydrogens is 566 g/mol. The molecule has 236 valence electrons. The summed E-state index contributed by atoms with van der Waals surface area (Å²) < 4.78 is 27.3. The first-order chi connectivity index (χ1) is 21.4. The van der Waals surface area contributed by atoms with Crippen molar-refractivity contribution in [2.75, 3.05) is 51.5 Å². The highest BCUT2D eigenvalue weighted by atomic mass is 16.7. The van der Waals surface area contributed by atoms with E-state index in [2.05, 4.69) is 20.2 Å². The molecule has 4 N–H and O–H groups in total. The summed E-state index contributed by atoms with van der Waals surface area (Å²) in [5.74, 6) is 0.395. The number of nitrogens with one attached hydrogen (secondary N) is 1. The molecule has 12 nitrogen and oxygen atoms in total. The molecule has 2 heterocycles. The van der Waals surface area contributed by atoms with E-state index in [9.17, 15) is 9.90 Å². The second-order valence-electron chi connectivity index (χ2n) is 11.1. The van der Waals surface area contributed by atoms with Crippen molar-refractivity contribution < 1.29 is 33.6 Å². The van der Waals surface area contributed by atoms with E-state index in [0.29, 0.717) is 24.3 Å². The molecule has 2 aliphatic rings. The molecule has 1 aromatic heterocycles. The number of carbonyl (C=O) groups excluding carboxylic acids is 1. The van der Waals surface area contributed by atoms with Crippen LogP contribution in [0.2, 0.25) is 0 Å². The number of alkyl carbamates (subject to hydrolysis) is 1. The predicted molar refractivity (Wildman–Crippen MR) is 164 cm³/mol. The molecule has 0 radical (unpaired) electrons. The van der Waals surface area contributed by atoms with Crippen molar-refractivity contribution in [2.24, 2.45) is 0 Å². The van der Waals surface area contributed by atoms with E-state index in [1.54, 1.807) is 20.3 Å². The monoisotopic (exact) mass is 607 g/mol. The number of nitrogens with two attached hydrogens (primary N) is 1. The van der Waals surface area contributed by atoms with Gasteiger partial charge in [0, 0.05) is 56.2 Å². The molecule has 2 fully saturated rings. The van der Waals surface area contributed by atoms with Crippen molar-refractivity contribution >= 4 is 17.7 Å². The molecule has 12 heteroatoms. The van der Waals surface area contributed by atoms with Gasteiger partial charge in [-0.3, -0.25) is 0 Å². The molecule has 2 aromatic carbocycles. The van der Waals surface area contributed by atoms with E-state index in [-0.39, 0.29) is 56.1 Å². The highest BCUT2D eigenvalue weighted by Crippen LogP contribution is 2.37. The van der Waals surface area contributed by atoms with E-state index >= 15 is 0 Å². The van der Waals surface area contributed by atoms with Crippen molar-refractivity contribution in [1.29, 1.82) is 0 Å². The SMILES string of the molecule is COCO[C@H]1CN(c2ccc(O)c(-c3cc(C4CCC(NC(=O)OCc5ccccc5)CC4)nc(N)n3)c2)C[C@@H]1OCOC. The van der Waals surface area contributed by atoms with Crippen LogP contribution in [0.4, 0.5) is 16.4 Å². The minimum atomic E-state index is -0.410. The largest absolute Gasteiger partial charge is 0.507 e. The number of benzene rings is 2. The van der Waals surface area contributed by atoms with Crippen LogP contribution in [0.3, 0.4) is 0 Å². The molecule has 1 aliphatic carbocycles. The van der Waals surface area contributed by atoms with Gasteiger partial charge in [-0.15, -0.1) is 0 Å². The van der Waals surface area contributed by atoms with E-state index in [4.69, 9.17) is 29.4 Å². The number of ether oxygens (including phenoxy) is 5. The maximum atomic E-state index is 12.3. The number of amides is 1. The summed E-state index contributed by atoms with van der Waals surface area (Å²) >= 11 is 0. The normalized spacial score (nSPS) is 21.7. The number of carbonyl (C=O) groups is 1. The quantitative estimate of drug-likeness (QED) is 0.254. The molecule has 3 aromatic rings. The number of aromatic nitrogens is 2. The molecule has 1 amide bonds. The van der Waals surface area contributed by atoms with E-state index < -0.39 is 6.09 Å². The summed E-state index contributed by atoms with van der Waals surface area (Å²) in [6.07, 6.45) is 2.40. The molecule has 2 atom stereocenters. The smallest absolute Gasteiger partial charge is 0.407 e. The predicted octanol–water partition coefficient (Wildman–Crippen LogP) is 4.18. The lowest BCUT2D eigenvalue weighted by atomic mass is 9.83. The van der Waals surface area contributed by atoms with Crippen LogP contribution in [0.25, 0.3) is 11.3 Å². The second-order valence-corrected chi connectivity index (χ2v) is 11.1. The molecule has 1 aliphatic heterocycles. The summed E-state index contributed by atoms with van der Waals surface area (Å²) in [7, 11) is 3.16. The number of hydrogen-bond acceptors (Lipinski definition) is 11. The Morgan fingerprint density at radius 2 is 1.64 bits per heavy atom. The van der Waals surface area contributed by atoms with Gasteiger partial charge in [0.05, 0.1) is 5.69 Å². The molecule has 1 saturated heterocycles. The van der Waals surface area contributed by atoms with Crippen molar-refractivity contribution in [3.8, 4) is 17.0 Å². The Kier molecular flexibility index (Phi) is 10.8. The van der Waals surface area contributed by atoms with Crippen LogP contribution >= 0.6 is 0 Å². The van der Waals surface area contributed by atoms with Crippen molar-refractivity contribution in [2.45, 2.75) is 56.5 Å². The van der Waals surface area contributed by atoms with Gasteiger partial charge < -0.3 is 44.7 Å². The zero-order valence-corrected chi connectivity index (χ0v) is 25.2. The number of phenols is 1. The Bertz CT molecular complexity index is 1350. The van der Waals surface area contributed by atoms with Crippen LogP contribution in [0.1, 0.15) is 42.9 Å². The lowest BCUT2D eigenvalue weighted by molar-refractivity contribution is -0.139. The maximum Gasteiger partial charge on any atom is 0.407 e. The lowest BCUT2D eigenvalue weighted by Crippen LogP contribution is -2.37. The third-order valence-corrected chi connectivity index (χ3v) is 8.08. The summed E-state index contributed by atoms with van der Waals surface area (Å²) in [5, 5.41) is 13.8. The van der Waals surface area contributed by atoms with Crippen LogP contribution in [-0.4, -0.2) is 80.3 Å². The number of anilines is 2. The summed E-state index contributed by atoms with van der Waals surface area (Å²) in [4.78, 5) is 23.5. The summed E-state index contributed by atoms with van der Waals surface area (Å²) in [6, 6.07) is 16.9. The molecule has 1 saturated carbocycles. The van der Waals surface area contributed by atoms with Crippen LogP contribution in [-0.2, 0) is 30.3 Å². The molecule has 0 spiro atoms. The first kappa shape index (κ1) is 31.5. The van der Waals surface area contributed by atoms with Gasteiger partial charge in [0.25, 0.3) is 0 Å². The highest BCUT2D eigenvalue weighted by molar-refractivity contribution is 5.73. The molecule has 5 rings (SSSR count). The average Bonchev–Trinajstić information content (AvgIpc) is 3.45. The van der Waals surface area contributed by atoms with Crippen LogP contribution < -0.4 is 16.0 Å². The van der Waals surface area contributed by atoms with Crippen LogP contribution in [0.15, 0.2) is 54.6 Å². The molecular formula is C32H41N5O7. The van der Waals surface area contributed by atoms with E-state index in [1.165, 1.54) is 0 Å². The zero-order chi connectivity index (χ0) is 30.9. The number of methoxy groups -OCH3 is 2. The van der Waals surface area contributed by atoms with E-state index in [0.717, 1.165) is 42.6 Å². The van der Waals surface area contributed by atoms with Crippen LogP contribution in [0, 0.1) is 0 Å². The number of rotatable bonds is 12. The van der Waals surface area contributed by atoms with Crippen molar-refractivity contribution in [3.63, 3.8) is 0 Å². The summed E-state index contributed by atoms with van der Waals surface area (Å²) in [6.45, 7) is 1.71. The van der Waals surface area contributed by atoms with Gasteiger partial charge in [-0.1, -0.05) is 30.3 Å². The number of hydrogen-bond donors (Lipinski definition) is 3. The van der Waals surface area contributed by atoms with E-state index in [1.807, 2.05) is 48.5 Å². The Morgan fingerprint density at radius 3 is 2.30 bits per heavy atom. The topological polar surface area (TPSA) is 151 Å². The van der Waals surface area contributed by atoms with Gasteiger partial charge in [-0.25, -0.2) is 14.8 Å². The minimum absolute atomic E-state index is 0.0303. The minimum Gasteiger partial charge on any atom is -0.507 e. The Hall–Kier alpha value is -3.97. The number of aromatic hydroxyl groups is 1. The Morgan fingerprint density at radius 1 is 0.955 bits per heavy atom. The van der Waals surface area contributed by atoms with Gasteiger partial charge in [0.15, 0.2) is 0 Å². The Balaban J connectivity index is 1.23. The molecule has 0 unspecified atom stereocenters.